The van der Waals surface area contributed by atoms with Crippen LogP contribution in [-0.4, -0.2) is 25.7 Å². The first kappa shape index (κ1) is 12.2. The number of rotatable bonds is 5. The monoisotopic (exact) mass is 261 g/mol. The van der Waals surface area contributed by atoms with Gasteiger partial charge in [0.2, 0.25) is 0 Å². The molecular weight excluding hydrogens is 242 g/mol. The van der Waals surface area contributed by atoms with Crippen LogP contribution in [0.5, 0.6) is 5.75 Å². The van der Waals surface area contributed by atoms with Crippen molar-refractivity contribution in [1.82, 2.24) is 0 Å². The Morgan fingerprint density at radius 3 is 2.59 bits per heavy atom. The fraction of sp³-hybridized carbons (Fsp3) is 0.417. The number of nitrogens with two attached hydrogens (primary N) is 1. The number of carbonyl (C=O) groups excluding carboxylic acids is 1. The van der Waals surface area contributed by atoms with Gasteiger partial charge >= 0.3 is 5.97 Å². The number of methoxy groups -OCH3 is 1. The molecule has 0 aliphatic rings. The zero-order valence-electron chi connectivity index (χ0n) is 11.8. The molecule has 0 heterocycles. The number of ether oxygens (including phenoxy) is 2. The fourth-order valence-electron chi connectivity index (χ4n) is 1.15. The average molecular weight is 262 g/mol. The summed E-state index contributed by atoms with van der Waals surface area (Å²) in [6.07, 6.45) is -1.22. The molecular formula is C12H18ClNO3. The molecule has 0 unspecified atom stereocenters. The maximum atomic E-state index is 11.5. The van der Waals surface area contributed by atoms with Crippen LogP contribution in [-0.2, 0) is 15.9 Å². The van der Waals surface area contributed by atoms with Gasteiger partial charge in [0.1, 0.15) is 11.8 Å². The lowest BCUT2D eigenvalue weighted by Gasteiger charge is -2.10. The lowest BCUT2D eigenvalue weighted by Crippen LogP contribution is -2.34. The minimum atomic E-state index is -2.12. The van der Waals surface area contributed by atoms with E-state index < -0.39 is 18.4 Å². The van der Waals surface area contributed by atoms with Crippen LogP contribution in [0.25, 0.3) is 0 Å². The van der Waals surface area contributed by atoms with Crippen molar-refractivity contribution < 1.29 is 17.0 Å². The van der Waals surface area contributed by atoms with Crippen molar-refractivity contribution >= 4 is 18.4 Å². The molecule has 17 heavy (non-hydrogen) atoms. The van der Waals surface area contributed by atoms with E-state index >= 15 is 0 Å². The predicted octanol–water partition coefficient (Wildman–Crippen LogP) is 1.55. The van der Waals surface area contributed by atoms with Gasteiger partial charge < -0.3 is 15.2 Å². The van der Waals surface area contributed by atoms with Gasteiger partial charge in [-0.05, 0) is 31.0 Å². The quantitative estimate of drug-likeness (QED) is 0.817. The Labute approximate surface area is 110 Å². The summed E-state index contributed by atoms with van der Waals surface area (Å²) < 4.78 is 25.3. The molecule has 1 aromatic carbocycles. The SMILES string of the molecule is Cl.[2H][C@H](c1ccc(OC)cc1)[C@@]([2H])(N)C(=O)OCC. The average Bonchev–Trinajstić information content (AvgIpc) is 2.38. The molecule has 0 bridgehead atoms. The third kappa shape index (κ3) is 5.06. The highest BCUT2D eigenvalue weighted by Gasteiger charge is 2.14. The lowest BCUT2D eigenvalue weighted by molar-refractivity contribution is -0.144. The number of hydrogen-bond acceptors (Lipinski definition) is 4. The number of halogens is 1. The molecule has 2 atom stereocenters. The third-order valence-corrected chi connectivity index (χ3v) is 1.95. The van der Waals surface area contributed by atoms with Gasteiger partial charge in [0.25, 0.3) is 0 Å². The standard InChI is InChI=1S/C12H17NO3.ClH/c1-3-16-12(14)11(13)8-9-4-6-10(15-2)7-5-9;/h4-7,11H,3,8,13H2,1-2H3;1H/t11-;/m1./s1/i8D,11D;/t8-,11-;. The first-order valence-corrected chi connectivity index (χ1v) is 4.95. The molecule has 1 aromatic rings. The van der Waals surface area contributed by atoms with Crippen LogP contribution in [0.4, 0.5) is 0 Å². The molecule has 0 saturated carbocycles. The first-order chi connectivity index (χ1) is 8.43. The van der Waals surface area contributed by atoms with Crippen molar-refractivity contribution in [3.63, 3.8) is 0 Å². The van der Waals surface area contributed by atoms with Crippen molar-refractivity contribution in [3.8, 4) is 5.75 Å². The molecule has 5 heteroatoms. The maximum absolute atomic E-state index is 11.5. The molecule has 0 fully saturated rings. The zero-order chi connectivity index (χ0) is 13.8. The van der Waals surface area contributed by atoms with Crippen molar-refractivity contribution in [2.45, 2.75) is 19.3 Å². The van der Waals surface area contributed by atoms with E-state index in [-0.39, 0.29) is 19.0 Å². The van der Waals surface area contributed by atoms with Crippen LogP contribution in [0.3, 0.4) is 0 Å². The summed E-state index contributed by atoms with van der Waals surface area (Å²) in [5, 5.41) is 0. The van der Waals surface area contributed by atoms with Gasteiger partial charge in [0, 0.05) is 1.37 Å². The van der Waals surface area contributed by atoms with Crippen LogP contribution in [0.15, 0.2) is 24.3 Å². The molecule has 0 amide bonds. The van der Waals surface area contributed by atoms with Gasteiger partial charge in [-0.2, -0.15) is 0 Å². The molecule has 0 spiro atoms. The molecule has 0 aliphatic heterocycles. The van der Waals surface area contributed by atoms with Gasteiger partial charge in [-0.1, -0.05) is 12.1 Å². The van der Waals surface area contributed by atoms with E-state index in [4.69, 9.17) is 17.9 Å². The summed E-state index contributed by atoms with van der Waals surface area (Å²) in [5.41, 5.74) is 6.03. The molecule has 1 rings (SSSR count). The Morgan fingerprint density at radius 2 is 2.12 bits per heavy atom. The van der Waals surface area contributed by atoms with Crippen molar-refractivity contribution in [2.75, 3.05) is 13.7 Å². The summed E-state index contributed by atoms with van der Waals surface area (Å²) in [6.45, 7) is 1.76. The molecule has 96 valence electrons. The van der Waals surface area contributed by atoms with Gasteiger partial charge in [0.05, 0.1) is 15.1 Å². The van der Waals surface area contributed by atoms with E-state index in [2.05, 4.69) is 0 Å². The summed E-state index contributed by atoms with van der Waals surface area (Å²) in [7, 11) is 1.53. The first-order valence-electron chi connectivity index (χ1n) is 6.03. The third-order valence-electron chi connectivity index (χ3n) is 1.95. The predicted molar refractivity (Wildman–Crippen MR) is 68.6 cm³/mol. The number of hydrogen-bond donors (Lipinski definition) is 1. The highest BCUT2D eigenvalue weighted by atomic mass is 35.5. The van der Waals surface area contributed by atoms with E-state index in [0.717, 1.165) is 0 Å². The molecule has 0 aromatic heterocycles. The number of esters is 1. The summed E-state index contributed by atoms with van der Waals surface area (Å²) in [6, 6.07) is 4.39. The van der Waals surface area contributed by atoms with Crippen molar-refractivity contribution in [1.29, 1.82) is 0 Å². The number of carbonyl (C=O) groups is 1. The van der Waals surface area contributed by atoms with Crippen LogP contribution in [0.2, 0.25) is 0 Å². The highest BCUT2D eigenvalue weighted by Crippen LogP contribution is 2.12. The largest absolute Gasteiger partial charge is 0.497 e. The van der Waals surface area contributed by atoms with Crippen LogP contribution in [0.1, 0.15) is 15.2 Å². The Morgan fingerprint density at radius 1 is 1.53 bits per heavy atom. The summed E-state index contributed by atoms with van der Waals surface area (Å²) in [5.74, 6) is -0.268. The summed E-state index contributed by atoms with van der Waals surface area (Å²) >= 11 is 0. The molecule has 4 nitrogen and oxygen atoms in total. The van der Waals surface area contributed by atoms with E-state index in [9.17, 15) is 4.79 Å². The van der Waals surface area contributed by atoms with E-state index in [1.807, 2.05) is 0 Å². The second-order valence-electron chi connectivity index (χ2n) is 3.09. The van der Waals surface area contributed by atoms with E-state index in [1.165, 1.54) is 7.11 Å². The molecule has 0 saturated heterocycles. The van der Waals surface area contributed by atoms with Gasteiger partial charge in [0.15, 0.2) is 0 Å². The summed E-state index contributed by atoms with van der Waals surface area (Å²) in [4.78, 5) is 11.5. The fourth-order valence-corrected chi connectivity index (χ4v) is 1.15. The molecule has 0 radical (unpaired) electrons. The van der Waals surface area contributed by atoms with E-state index in [0.29, 0.717) is 11.3 Å². The van der Waals surface area contributed by atoms with Gasteiger partial charge in [-0.25, -0.2) is 0 Å². The maximum Gasteiger partial charge on any atom is 0.323 e. The van der Waals surface area contributed by atoms with Crippen molar-refractivity contribution in [2.24, 2.45) is 5.73 Å². The molecule has 0 aliphatic carbocycles. The Balaban J connectivity index is 0.00000324. The minimum absolute atomic E-state index is 0. The second-order valence-corrected chi connectivity index (χ2v) is 3.09. The smallest absolute Gasteiger partial charge is 0.323 e. The molecule has 2 N–H and O–H groups in total. The lowest BCUT2D eigenvalue weighted by atomic mass is 10.1. The van der Waals surface area contributed by atoms with Crippen LogP contribution in [0, 0.1) is 0 Å². The van der Waals surface area contributed by atoms with E-state index in [1.54, 1.807) is 31.2 Å². The highest BCUT2D eigenvalue weighted by molar-refractivity contribution is 5.85. The normalized spacial score (nSPS) is 16.6. The topological polar surface area (TPSA) is 61.5 Å². The zero-order valence-corrected chi connectivity index (χ0v) is 10.6. The Bertz CT molecular complexity index is 412. The number of benzene rings is 1. The minimum Gasteiger partial charge on any atom is -0.497 e. The van der Waals surface area contributed by atoms with Crippen LogP contribution < -0.4 is 10.5 Å². The Kier molecular flexibility index (Phi) is 5.69. The van der Waals surface area contributed by atoms with Crippen molar-refractivity contribution in [3.05, 3.63) is 29.8 Å². The van der Waals surface area contributed by atoms with Gasteiger partial charge in [-0.3, -0.25) is 4.79 Å². The second kappa shape index (κ2) is 7.92. The van der Waals surface area contributed by atoms with Crippen LogP contribution >= 0.6 is 12.4 Å². The Hall–Kier alpha value is -1.26. The van der Waals surface area contributed by atoms with Gasteiger partial charge in [-0.15, -0.1) is 12.4 Å².